The van der Waals surface area contributed by atoms with Crippen molar-refractivity contribution >= 4 is 5.91 Å². The summed E-state index contributed by atoms with van der Waals surface area (Å²) in [5.74, 6) is 1.56. The van der Waals surface area contributed by atoms with Gasteiger partial charge in [0.1, 0.15) is 11.6 Å². The van der Waals surface area contributed by atoms with E-state index in [2.05, 4.69) is 20.8 Å². The Bertz CT molecular complexity index is 548. The third-order valence-electron chi connectivity index (χ3n) is 5.36. The first kappa shape index (κ1) is 17.4. The van der Waals surface area contributed by atoms with Gasteiger partial charge in [-0.1, -0.05) is 24.4 Å². The molecule has 0 bridgehead atoms. The molecule has 2 fully saturated rings. The number of aromatic nitrogens is 2. The van der Waals surface area contributed by atoms with Gasteiger partial charge in [0, 0.05) is 13.0 Å². The molecule has 7 heteroatoms. The van der Waals surface area contributed by atoms with Gasteiger partial charge in [-0.05, 0) is 45.7 Å². The lowest BCUT2D eigenvalue weighted by Crippen LogP contribution is -2.54. The fourth-order valence-corrected chi connectivity index (χ4v) is 3.69. The van der Waals surface area contributed by atoms with Crippen molar-refractivity contribution < 1.29 is 14.1 Å². The number of hydrogen-bond acceptors (Lipinski definition) is 6. The highest BCUT2D eigenvalue weighted by molar-refractivity contribution is 5.85. The number of nitrogens with zero attached hydrogens (tertiary/aromatic N) is 2. The molecule has 2 N–H and O–H groups in total. The summed E-state index contributed by atoms with van der Waals surface area (Å²) in [6.45, 7) is 3.44. The minimum Gasteiger partial charge on any atom is -0.368 e. The maximum Gasteiger partial charge on any atom is 0.252 e. The van der Waals surface area contributed by atoms with Gasteiger partial charge in [-0.25, -0.2) is 0 Å². The standard InChI is InChI=1S/C17H28N4O3/c1-12(19-16(22)17(23-2)8-10-18-11-9-17)15-20-14(21-24-15)13-6-4-3-5-7-13/h12-13,18H,3-11H2,1-2H3,(H,19,22). The number of methoxy groups -OCH3 is 1. The predicted molar refractivity (Wildman–Crippen MR) is 88.5 cm³/mol. The van der Waals surface area contributed by atoms with Crippen LogP contribution in [0.1, 0.15) is 75.5 Å². The lowest BCUT2D eigenvalue weighted by Gasteiger charge is -2.35. The Kier molecular flexibility index (Phi) is 5.50. The third-order valence-corrected chi connectivity index (χ3v) is 5.36. The number of hydrogen-bond donors (Lipinski definition) is 2. The van der Waals surface area contributed by atoms with E-state index in [0.717, 1.165) is 31.8 Å². The van der Waals surface area contributed by atoms with Crippen LogP contribution in [0.4, 0.5) is 0 Å². The molecule has 0 aromatic carbocycles. The van der Waals surface area contributed by atoms with Crippen molar-refractivity contribution in [3.05, 3.63) is 11.7 Å². The van der Waals surface area contributed by atoms with Crippen LogP contribution in [0.5, 0.6) is 0 Å². The number of piperidine rings is 1. The summed E-state index contributed by atoms with van der Waals surface area (Å²) in [4.78, 5) is 17.2. The zero-order chi connectivity index (χ0) is 17.0. The summed E-state index contributed by atoms with van der Waals surface area (Å²) >= 11 is 0. The van der Waals surface area contributed by atoms with E-state index in [1.807, 2.05) is 6.92 Å². The molecule has 7 nitrogen and oxygen atoms in total. The topological polar surface area (TPSA) is 89.3 Å². The first-order valence-electron chi connectivity index (χ1n) is 9.05. The number of ether oxygens (including phenoxy) is 1. The average molecular weight is 336 g/mol. The smallest absolute Gasteiger partial charge is 0.252 e. The maximum atomic E-state index is 12.7. The SMILES string of the molecule is COC1(C(=O)NC(C)c2nc(C3CCCCC3)no2)CCNCC1. The zero-order valence-corrected chi connectivity index (χ0v) is 14.6. The second-order valence-electron chi connectivity index (χ2n) is 6.97. The average Bonchev–Trinajstić information content (AvgIpc) is 3.13. The molecule has 1 aliphatic carbocycles. The summed E-state index contributed by atoms with van der Waals surface area (Å²) < 4.78 is 11.0. The van der Waals surface area contributed by atoms with E-state index in [-0.39, 0.29) is 11.9 Å². The third kappa shape index (κ3) is 3.62. The number of rotatable bonds is 5. The van der Waals surface area contributed by atoms with Crippen molar-refractivity contribution in [3.63, 3.8) is 0 Å². The summed E-state index contributed by atoms with van der Waals surface area (Å²) in [6.07, 6.45) is 7.33. The molecule has 24 heavy (non-hydrogen) atoms. The quantitative estimate of drug-likeness (QED) is 0.855. The van der Waals surface area contributed by atoms with Crippen LogP contribution >= 0.6 is 0 Å². The highest BCUT2D eigenvalue weighted by Crippen LogP contribution is 2.31. The normalized spacial score (nSPS) is 22.9. The number of carbonyl (C=O) groups is 1. The predicted octanol–water partition coefficient (Wildman–Crippen LogP) is 2.06. The maximum absolute atomic E-state index is 12.7. The van der Waals surface area contributed by atoms with Gasteiger partial charge in [0.15, 0.2) is 5.82 Å². The highest BCUT2D eigenvalue weighted by atomic mass is 16.5. The molecule has 1 amide bonds. The summed E-state index contributed by atoms with van der Waals surface area (Å²) in [5, 5.41) is 10.4. The molecule has 3 rings (SSSR count). The Hall–Kier alpha value is -1.47. The molecule has 1 atom stereocenters. The molecule has 134 valence electrons. The van der Waals surface area contributed by atoms with Crippen molar-refractivity contribution in [1.82, 2.24) is 20.8 Å². The second kappa shape index (κ2) is 7.61. The van der Waals surface area contributed by atoms with Crippen LogP contribution in [0.25, 0.3) is 0 Å². The van der Waals surface area contributed by atoms with Crippen LogP contribution in [0.2, 0.25) is 0 Å². The lowest BCUT2D eigenvalue weighted by molar-refractivity contribution is -0.147. The number of nitrogens with one attached hydrogen (secondary N) is 2. The van der Waals surface area contributed by atoms with Crippen LogP contribution in [0.15, 0.2) is 4.52 Å². The Labute approximate surface area is 142 Å². The van der Waals surface area contributed by atoms with Crippen molar-refractivity contribution in [2.75, 3.05) is 20.2 Å². The van der Waals surface area contributed by atoms with Crippen LogP contribution in [0.3, 0.4) is 0 Å². The lowest BCUT2D eigenvalue weighted by atomic mass is 9.89. The van der Waals surface area contributed by atoms with Gasteiger partial charge in [0.2, 0.25) is 5.89 Å². The molecule has 1 unspecified atom stereocenters. The Morgan fingerprint density at radius 3 is 2.71 bits per heavy atom. The zero-order valence-electron chi connectivity index (χ0n) is 14.6. The van der Waals surface area contributed by atoms with E-state index in [4.69, 9.17) is 9.26 Å². The van der Waals surface area contributed by atoms with Gasteiger partial charge in [-0.3, -0.25) is 4.79 Å². The van der Waals surface area contributed by atoms with Crippen molar-refractivity contribution in [2.45, 2.75) is 69.4 Å². The largest absolute Gasteiger partial charge is 0.368 e. The fourth-order valence-electron chi connectivity index (χ4n) is 3.69. The van der Waals surface area contributed by atoms with Crippen molar-refractivity contribution in [1.29, 1.82) is 0 Å². The van der Waals surface area contributed by atoms with Crippen molar-refractivity contribution in [3.8, 4) is 0 Å². The number of amides is 1. The van der Waals surface area contributed by atoms with Gasteiger partial charge in [-0.2, -0.15) is 4.98 Å². The van der Waals surface area contributed by atoms with E-state index in [0.29, 0.717) is 24.7 Å². The minimum atomic E-state index is -0.758. The Morgan fingerprint density at radius 1 is 1.33 bits per heavy atom. The van der Waals surface area contributed by atoms with Gasteiger partial charge in [0.25, 0.3) is 5.91 Å². The van der Waals surface area contributed by atoms with E-state index >= 15 is 0 Å². The molecule has 0 radical (unpaired) electrons. The Balaban J connectivity index is 1.62. The van der Waals surface area contributed by atoms with Crippen LogP contribution in [-0.2, 0) is 9.53 Å². The van der Waals surface area contributed by atoms with E-state index in [1.54, 1.807) is 7.11 Å². The molecule has 1 saturated heterocycles. The molecular weight excluding hydrogens is 308 g/mol. The van der Waals surface area contributed by atoms with E-state index < -0.39 is 5.60 Å². The molecule has 1 saturated carbocycles. The van der Waals surface area contributed by atoms with Gasteiger partial charge in [-0.15, -0.1) is 0 Å². The van der Waals surface area contributed by atoms with Crippen molar-refractivity contribution in [2.24, 2.45) is 0 Å². The molecule has 1 aromatic heterocycles. The molecule has 1 aromatic rings. The molecule has 1 aliphatic heterocycles. The van der Waals surface area contributed by atoms with Crippen LogP contribution in [-0.4, -0.2) is 41.8 Å². The molecule has 2 aliphatic rings. The molecule has 2 heterocycles. The van der Waals surface area contributed by atoms with Gasteiger partial charge in [0.05, 0.1) is 0 Å². The summed E-state index contributed by atoms with van der Waals surface area (Å²) in [5.41, 5.74) is -0.758. The number of carbonyl (C=O) groups excluding carboxylic acids is 1. The van der Waals surface area contributed by atoms with Gasteiger partial charge < -0.3 is 19.9 Å². The summed E-state index contributed by atoms with van der Waals surface area (Å²) in [7, 11) is 1.60. The van der Waals surface area contributed by atoms with Gasteiger partial charge >= 0.3 is 0 Å². The van der Waals surface area contributed by atoms with Crippen LogP contribution in [0, 0.1) is 0 Å². The summed E-state index contributed by atoms with van der Waals surface area (Å²) in [6, 6.07) is -0.316. The highest BCUT2D eigenvalue weighted by Gasteiger charge is 2.40. The van der Waals surface area contributed by atoms with E-state index in [9.17, 15) is 4.79 Å². The first-order valence-corrected chi connectivity index (χ1v) is 9.05. The Morgan fingerprint density at radius 2 is 2.04 bits per heavy atom. The fraction of sp³-hybridized carbons (Fsp3) is 0.824. The van der Waals surface area contributed by atoms with E-state index in [1.165, 1.54) is 19.3 Å². The van der Waals surface area contributed by atoms with Crippen LogP contribution < -0.4 is 10.6 Å². The first-order chi connectivity index (χ1) is 11.6. The minimum absolute atomic E-state index is 0.101. The monoisotopic (exact) mass is 336 g/mol. The molecular formula is C17H28N4O3. The molecule has 0 spiro atoms. The second-order valence-corrected chi connectivity index (χ2v) is 6.97.